The first-order valence-corrected chi connectivity index (χ1v) is 8.71. The molecule has 108 valence electrons. The van der Waals surface area contributed by atoms with Crippen LogP contribution >= 0.6 is 31.9 Å². The molecular formula is C11H12Br2N4O2S. The van der Waals surface area contributed by atoms with Gasteiger partial charge in [-0.3, -0.25) is 9.82 Å². The highest BCUT2D eigenvalue weighted by Crippen LogP contribution is 2.33. The van der Waals surface area contributed by atoms with Gasteiger partial charge in [-0.2, -0.15) is 5.10 Å². The minimum Gasteiger partial charge on any atom is -0.399 e. The van der Waals surface area contributed by atoms with Crippen molar-refractivity contribution in [1.82, 2.24) is 10.2 Å². The number of halogens is 2. The number of nitrogens with zero attached hydrogens (tertiary/aromatic N) is 1. The molecule has 0 amide bonds. The minimum atomic E-state index is -3.76. The standard InChI is InChI=1S/C11H12Br2N4O2S/c1-2-6-5-15-16-11(6)17-20(18,19)10-8(12)3-7(14)4-9(10)13/h3-5H,2,14H2,1H3,(H2,15,16,17). The van der Waals surface area contributed by atoms with Crippen LogP contribution in [0.2, 0.25) is 0 Å². The van der Waals surface area contributed by atoms with Crippen LogP contribution in [-0.2, 0) is 16.4 Å². The molecule has 0 aliphatic rings. The van der Waals surface area contributed by atoms with Gasteiger partial charge in [-0.1, -0.05) is 6.92 Å². The number of nitrogens with two attached hydrogens (primary N) is 1. The predicted octanol–water partition coefficient (Wildman–Crippen LogP) is 2.88. The van der Waals surface area contributed by atoms with Gasteiger partial charge in [0.1, 0.15) is 10.7 Å². The van der Waals surface area contributed by atoms with Gasteiger partial charge in [0.05, 0.1) is 6.20 Å². The SMILES string of the molecule is CCc1cn[nH]c1NS(=O)(=O)c1c(Br)cc(N)cc1Br. The van der Waals surface area contributed by atoms with E-state index in [2.05, 4.69) is 46.8 Å². The Bertz CT molecular complexity index is 720. The van der Waals surface area contributed by atoms with Crippen LogP contribution in [-0.4, -0.2) is 18.6 Å². The van der Waals surface area contributed by atoms with E-state index in [1.807, 2.05) is 6.92 Å². The normalized spacial score (nSPS) is 11.6. The first-order valence-electron chi connectivity index (χ1n) is 5.64. The van der Waals surface area contributed by atoms with E-state index in [-0.39, 0.29) is 4.90 Å². The lowest BCUT2D eigenvalue weighted by molar-refractivity contribution is 0.600. The average Bonchev–Trinajstić information content (AvgIpc) is 2.73. The van der Waals surface area contributed by atoms with Crippen LogP contribution in [0.1, 0.15) is 12.5 Å². The van der Waals surface area contributed by atoms with Crippen molar-refractivity contribution in [3.05, 3.63) is 32.8 Å². The Morgan fingerprint density at radius 2 is 1.95 bits per heavy atom. The van der Waals surface area contributed by atoms with Crippen LogP contribution < -0.4 is 10.5 Å². The van der Waals surface area contributed by atoms with Gasteiger partial charge >= 0.3 is 0 Å². The maximum atomic E-state index is 12.5. The molecule has 2 rings (SSSR count). The quantitative estimate of drug-likeness (QED) is 0.658. The van der Waals surface area contributed by atoms with E-state index in [1.54, 1.807) is 6.20 Å². The number of anilines is 2. The number of nitrogens with one attached hydrogen (secondary N) is 2. The van der Waals surface area contributed by atoms with Crippen molar-refractivity contribution in [1.29, 1.82) is 0 Å². The molecule has 0 saturated carbocycles. The Morgan fingerprint density at radius 3 is 2.50 bits per heavy atom. The molecule has 4 N–H and O–H groups in total. The van der Waals surface area contributed by atoms with Crippen molar-refractivity contribution in [2.24, 2.45) is 0 Å². The molecule has 0 unspecified atom stereocenters. The second-order valence-corrected chi connectivity index (χ2v) is 7.37. The van der Waals surface area contributed by atoms with E-state index in [1.165, 1.54) is 12.1 Å². The maximum absolute atomic E-state index is 12.5. The Morgan fingerprint density at radius 1 is 1.35 bits per heavy atom. The summed E-state index contributed by atoms with van der Waals surface area (Å²) < 4.78 is 28.2. The number of nitrogen functional groups attached to an aromatic ring is 1. The fraction of sp³-hybridized carbons (Fsp3) is 0.182. The van der Waals surface area contributed by atoms with Crippen molar-refractivity contribution in [3.63, 3.8) is 0 Å². The largest absolute Gasteiger partial charge is 0.399 e. The third-order valence-corrected chi connectivity index (χ3v) is 5.85. The molecule has 0 aliphatic carbocycles. The number of aromatic nitrogens is 2. The number of hydrogen-bond acceptors (Lipinski definition) is 4. The Labute approximate surface area is 133 Å². The number of benzene rings is 1. The van der Waals surface area contributed by atoms with Crippen molar-refractivity contribution in [2.75, 3.05) is 10.5 Å². The number of aromatic amines is 1. The molecule has 20 heavy (non-hydrogen) atoms. The van der Waals surface area contributed by atoms with Gasteiger partial charge in [-0.25, -0.2) is 8.42 Å². The summed E-state index contributed by atoms with van der Waals surface area (Å²) in [5.41, 5.74) is 6.91. The first kappa shape index (κ1) is 15.3. The van der Waals surface area contributed by atoms with Gasteiger partial charge in [0.25, 0.3) is 10.0 Å². The molecule has 0 radical (unpaired) electrons. The van der Waals surface area contributed by atoms with E-state index in [0.717, 1.165) is 5.56 Å². The highest BCUT2D eigenvalue weighted by molar-refractivity contribution is 9.11. The van der Waals surface area contributed by atoms with Crippen LogP contribution in [0.4, 0.5) is 11.5 Å². The minimum absolute atomic E-state index is 0.0864. The van der Waals surface area contributed by atoms with Crippen LogP contribution in [0, 0.1) is 0 Å². The van der Waals surface area contributed by atoms with E-state index in [0.29, 0.717) is 26.9 Å². The van der Waals surface area contributed by atoms with E-state index in [9.17, 15) is 8.42 Å². The summed E-state index contributed by atoms with van der Waals surface area (Å²) in [5.74, 6) is 0.364. The van der Waals surface area contributed by atoms with Crippen LogP contribution in [0.15, 0.2) is 32.2 Å². The molecule has 1 heterocycles. The Hall–Kier alpha value is -1.06. The fourth-order valence-electron chi connectivity index (χ4n) is 1.69. The second-order valence-electron chi connectivity index (χ2n) is 4.04. The molecule has 0 saturated heterocycles. The highest BCUT2D eigenvalue weighted by atomic mass is 79.9. The molecule has 1 aromatic carbocycles. The zero-order valence-corrected chi connectivity index (χ0v) is 14.4. The molecule has 9 heteroatoms. The molecule has 0 atom stereocenters. The molecule has 0 fully saturated rings. The Kier molecular flexibility index (Phi) is 4.40. The third-order valence-electron chi connectivity index (χ3n) is 2.62. The lowest BCUT2D eigenvalue weighted by atomic mass is 10.3. The number of rotatable bonds is 4. The predicted molar refractivity (Wildman–Crippen MR) is 85.0 cm³/mol. The maximum Gasteiger partial charge on any atom is 0.265 e. The third kappa shape index (κ3) is 2.99. The van der Waals surface area contributed by atoms with Gasteiger partial charge in [-0.15, -0.1) is 0 Å². The topological polar surface area (TPSA) is 101 Å². The molecule has 0 bridgehead atoms. The van der Waals surface area contributed by atoms with Gasteiger partial charge in [-0.05, 0) is 50.4 Å². The van der Waals surface area contributed by atoms with Crippen molar-refractivity contribution >= 4 is 53.4 Å². The number of H-pyrrole nitrogens is 1. The summed E-state index contributed by atoms with van der Waals surface area (Å²) in [4.78, 5) is 0.0864. The lowest BCUT2D eigenvalue weighted by Gasteiger charge is -2.11. The average molecular weight is 424 g/mol. The monoisotopic (exact) mass is 422 g/mol. The van der Waals surface area contributed by atoms with E-state index < -0.39 is 10.0 Å². The highest BCUT2D eigenvalue weighted by Gasteiger charge is 2.23. The van der Waals surface area contributed by atoms with Crippen molar-refractivity contribution in [3.8, 4) is 0 Å². The molecule has 6 nitrogen and oxygen atoms in total. The molecule has 0 spiro atoms. The smallest absolute Gasteiger partial charge is 0.265 e. The zero-order chi connectivity index (χ0) is 14.9. The molecule has 0 aliphatic heterocycles. The van der Waals surface area contributed by atoms with Gasteiger partial charge < -0.3 is 5.73 Å². The van der Waals surface area contributed by atoms with Gasteiger partial charge in [0.15, 0.2) is 0 Å². The summed E-state index contributed by atoms with van der Waals surface area (Å²) in [5, 5.41) is 6.47. The lowest BCUT2D eigenvalue weighted by Crippen LogP contribution is -2.15. The van der Waals surface area contributed by atoms with Crippen molar-refractivity contribution < 1.29 is 8.42 Å². The second kappa shape index (κ2) is 5.74. The van der Waals surface area contributed by atoms with E-state index in [4.69, 9.17) is 5.73 Å². The first-order chi connectivity index (χ1) is 9.35. The van der Waals surface area contributed by atoms with E-state index >= 15 is 0 Å². The summed E-state index contributed by atoms with van der Waals surface area (Å²) in [6.45, 7) is 1.91. The summed E-state index contributed by atoms with van der Waals surface area (Å²) in [6.07, 6.45) is 2.25. The van der Waals surface area contributed by atoms with Gasteiger partial charge in [0.2, 0.25) is 0 Å². The number of aryl methyl sites for hydroxylation is 1. The van der Waals surface area contributed by atoms with Crippen LogP contribution in [0.3, 0.4) is 0 Å². The fourth-order valence-corrected chi connectivity index (χ4v) is 5.37. The van der Waals surface area contributed by atoms with Crippen molar-refractivity contribution in [2.45, 2.75) is 18.2 Å². The summed E-state index contributed by atoms with van der Waals surface area (Å²) in [6, 6.07) is 3.07. The zero-order valence-electron chi connectivity index (χ0n) is 10.4. The number of sulfonamides is 1. The van der Waals surface area contributed by atoms with Crippen LogP contribution in [0.25, 0.3) is 0 Å². The molecule has 1 aromatic heterocycles. The molecule has 2 aromatic rings. The Balaban J connectivity index is 2.46. The molecular weight excluding hydrogens is 412 g/mol. The number of hydrogen-bond donors (Lipinski definition) is 3. The van der Waals surface area contributed by atoms with Gasteiger partial charge in [0, 0.05) is 20.2 Å². The summed E-state index contributed by atoms with van der Waals surface area (Å²) in [7, 11) is -3.76. The summed E-state index contributed by atoms with van der Waals surface area (Å²) >= 11 is 6.44. The van der Waals surface area contributed by atoms with Crippen LogP contribution in [0.5, 0.6) is 0 Å².